The average Bonchev–Trinajstić information content (AvgIpc) is 2.72. The fourth-order valence-electron chi connectivity index (χ4n) is 0.770. The molecule has 0 aliphatic heterocycles. The normalized spacial score (nSPS) is 8.47. The molecule has 0 bridgehead atoms. The summed E-state index contributed by atoms with van der Waals surface area (Å²) in [6, 6.07) is 7.46. The summed E-state index contributed by atoms with van der Waals surface area (Å²) in [6.07, 6.45) is 0. The van der Waals surface area contributed by atoms with E-state index in [1.54, 1.807) is 33.9 Å². The molecule has 1 aromatic carbocycles. The van der Waals surface area contributed by atoms with Gasteiger partial charge in [0.05, 0.1) is 0 Å². The molecule has 0 fully saturated rings. The van der Waals surface area contributed by atoms with Crippen molar-refractivity contribution in [2.45, 2.75) is 33.9 Å². The van der Waals surface area contributed by atoms with Crippen LogP contribution in [0.1, 0.15) is 20.8 Å². The minimum absolute atomic E-state index is 0. The van der Waals surface area contributed by atoms with Crippen LogP contribution in [0, 0.1) is 0 Å². The Morgan fingerprint density at radius 1 is 0.895 bits per heavy atom. The van der Waals surface area contributed by atoms with Gasteiger partial charge in [0.1, 0.15) is 0 Å². The molecule has 1 aromatic rings. The third kappa shape index (κ3) is 27.4. The molecule has 110 valence electrons. The predicted octanol–water partition coefficient (Wildman–Crippen LogP) is 4.96. The summed E-state index contributed by atoms with van der Waals surface area (Å²) in [5.74, 6) is 0. The van der Waals surface area contributed by atoms with Gasteiger partial charge in [0.15, 0.2) is 0 Å². The number of rotatable bonds is 1. The van der Waals surface area contributed by atoms with Crippen LogP contribution in [-0.4, -0.2) is 28.0 Å². The molecule has 0 unspecified atom stereocenters. The molecule has 0 heterocycles. The summed E-state index contributed by atoms with van der Waals surface area (Å²) < 4.78 is 13.1. The number of halogens is 1. The molecular formula is C13H28FHfN3Si. The number of nitrogens with one attached hydrogen (secondary N) is 3. The Bertz CT molecular complexity index is 222. The van der Waals surface area contributed by atoms with Gasteiger partial charge in [0, 0.05) is 0 Å². The van der Waals surface area contributed by atoms with Crippen molar-refractivity contribution in [3.8, 4) is 0 Å². The van der Waals surface area contributed by atoms with E-state index in [0.29, 0.717) is 19.6 Å². The molecule has 6 heteroatoms. The van der Waals surface area contributed by atoms with Gasteiger partial charge in [-0.25, -0.2) is 12.1 Å². The first kappa shape index (κ1) is 27.6. The quantitative estimate of drug-likeness (QED) is 0.329. The van der Waals surface area contributed by atoms with Gasteiger partial charge in [-0.15, -0.1) is 5.19 Å². The third-order valence-corrected chi connectivity index (χ3v) is 3.06. The molecule has 0 saturated carbocycles. The summed E-state index contributed by atoms with van der Waals surface area (Å²) in [6.45, 7) is 10.3. The van der Waals surface area contributed by atoms with Gasteiger partial charge < -0.3 is 21.3 Å². The maximum Gasteiger partial charge on any atom is 4.00 e. The first-order valence-electron chi connectivity index (χ1n) is 6.20. The molecule has 19 heavy (non-hydrogen) atoms. The number of hydrogen-bond acceptors (Lipinski definition) is 0. The summed E-state index contributed by atoms with van der Waals surface area (Å²) in [5.41, 5.74) is 18.6. The molecule has 0 aliphatic carbocycles. The van der Waals surface area contributed by atoms with Crippen LogP contribution >= 0.6 is 0 Å². The Hall–Kier alpha value is 0.247. The molecular weight excluding hydrogens is 424 g/mol. The average molecular weight is 452 g/mol. The summed E-state index contributed by atoms with van der Waals surface area (Å²) in [5, 5.41) is 0.891. The second-order valence-electron chi connectivity index (χ2n) is 3.71. The van der Waals surface area contributed by atoms with Gasteiger partial charge in [-0.2, -0.15) is 31.8 Å². The van der Waals surface area contributed by atoms with Gasteiger partial charge in [-0.3, -0.25) is 0 Å². The van der Waals surface area contributed by atoms with Crippen LogP contribution in [0.2, 0.25) is 13.1 Å². The minimum Gasteiger partial charge on any atom is -0.678 e. The van der Waals surface area contributed by atoms with Crippen LogP contribution in [0.5, 0.6) is 0 Å². The zero-order chi connectivity index (χ0) is 15.0. The predicted molar refractivity (Wildman–Crippen MR) is 84.8 cm³/mol. The molecule has 0 radical (unpaired) electrons. The summed E-state index contributed by atoms with van der Waals surface area (Å²) in [7, 11) is -2.48. The molecule has 3 nitrogen and oxygen atoms in total. The molecule has 0 spiro atoms. The Kier molecular flexibility index (Phi) is 29.8. The van der Waals surface area contributed by atoms with E-state index in [-0.39, 0.29) is 25.8 Å². The van der Waals surface area contributed by atoms with Crippen LogP contribution in [0.15, 0.2) is 24.3 Å². The van der Waals surface area contributed by atoms with E-state index < -0.39 is 8.41 Å². The van der Waals surface area contributed by atoms with Crippen molar-refractivity contribution in [2.24, 2.45) is 0 Å². The van der Waals surface area contributed by atoms with Gasteiger partial charge in [0.2, 0.25) is 8.41 Å². The van der Waals surface area contributed by atoms with E-state index in [9.17, 15) is 4.11 Å². The van der Waals surface area contributed by atoms with Gasteiger partial charge in [-0.05, 0) is 13.1 Å². The zero-order valence-corrected chi connectivity index (χ0v) is 17.4. The van der Waals surface area contributed by atoms with Crippen LogP contribution in [0.25, 0.3) is 17.2 Å². The first-order valence-corrected chi connectivity index (χ1v) is 9.08. The molecule has 0 saturated heterocycles. The van der Waals surface area contributed by atoms with Crippen molar-refractivity contribution in [2.75, 3.05) is 19.6 Å². The Morgan fingerprint density at radius 3 is 1.21 bits per heavy atom. The Morgan fingerprint density at radius 2 is 1.11 bits per heavy atom. The molecule has 3 N–H and O–H groups in total. The largest absolute Gasteiger partial charge is 4.00 e. The van der Waals surface area contributed by atoms with Crippen LogP contribution < -0.4 is 5.19 Å². The van der Waals surface area contributed by atoms with E-state index in [2.05, 4.69) is 0 Å². The van der Waals surface area contributed by atoms with E-state index >= 15 is 0 Å². The maximum absolute atomic E-state index is 13.1. The molecule has 0 aromatic heterocycles. The fraction of sp³-hybridized carbons (Fsp3) is 0.615. The van der Waals surface area contributed by atoms with Crippen molar-refractivity contribution >= 4 is 13.6 Å². The molecule has 0 amide bonds. The molecule has 0 aliphatic rings. The first-order chi connectivity index (χ1) is 8.35. The van der Waals surface area contributed by atoms with E-state index in [0.717, 1.165) is 5.19 Å². The second kappa shape index (κ2) is 20.6. The Labute approximate surface area is 138 Å². The van der Waals surface area contributed by atoms with Crippen LogP contribution in [0.3, 0.4) is 0 Å². The van der Waals surface area contributed by atoms with E-state index in [1.807, 2.05) is 24.3 Å². The number of hydrogen-bond donors (Lipinski definition) is 0. The van der Waals surface area contributed by atoms with E-state index in [4.69, 9.17) is 17.2 Å². The van der Waals surface area contributed by atoms with Crippen molar-refractivity contribution in [3.63, 3.8) is 0 Å². The van der Waals surface area contributed by atoms with Crippen LogP contribution in [-0.2, 0) is 25.8 Å². The summed E-state index contributed by atoms with van der Waals surface area (Å²) >= 11 is 0. The topological polar surface area (TPSA) is 71.4 Å². The van der Waals surface area contributed by atoms with Crippen LogP contribution in [0.4, 0.5) is 4.11 Å². The summed E-state index contributed by atoms with van der Waals surface area (Å²) in [4.78, 5) is 0. The second-order valence-corrected chi connectivity index (χ2v) is 7.23. The fourth-order valence-corrected chi connectivity index (χ4v) is 1.76. The molecule has 0 atom stereocenters. The monoisotopic (exact) mass is 453 g/mol. The molecule has 1 rings (SSSR count). The van der Waals surface area contributed by atoms with Crippen molar-refractivity contribution < 1.29 is 30.0 Å². The maximum atomic E-state index is 13.1. The third-order valence-electron chi connectivity index (χ3n) is 1.35. The Balaban J connectivity index is -0.0000000956. The smallest absolute Gasteiger partial charge is 0.678 e. The van der Waals surface area contributed by atoms with E-state index in [1.165, 1.54) is 0 Å². The van der Waals surface area contributed by atoms with Crippen molar-refractivity contribution in [1.82, 2.24) is 0 Å². The minimum atomic E-state index is -2.48. The SMILES string of the molecule is CC[NH-].CC[NH-].CC[NH-].C[Si](C)(F)[c-]1cccc1.[Hf+4]. The van der Waals surface area contributed by atoms with Gasteiger partial charge >= 0.3 is 25.8 Å². The van der Waals surface area contributed by atoms with Gasteiger partial charge in [-0.1, -0.05) is 20.8 Å². The standard InChI is InChI=1S/C7H10FSi.3C2H6N.Hf/c1-9(2,8)7-5-3-4-6-7;3*1-2-3;/h3-6H,1-2H3;3*3H,2H2,1H3;/q4*-1;+4. The zero-order valence-electron chi connectivity index (χ0n) is 12.8. The van der Waals surface area contributed by atoms with Crippen molar-refractivity contribution in [3.05, 3.63) is 41.5 Å². The van der Waals surface area contributed by atoms with Gasteiger partial charge in [0.25, 0.3) is 0 Å². The van der Waals surface area contributed by atoms with Crippen molar-refractivity contribution in [1.29, 1.82) is 0 Å².